The summed E-state index contributed by atoms with van der Waals surface area (Å²) < 4.78 is 0.444. The Morgan fingerprint density at radius 2 is 0.583 bits per heavy atom. The molecule has 48 heavy (non-hydrogen) atoms. The summed E-state index contributed by atoms with van der Waals surface area (Å²) in [6.45, 7) is 3.89. The van der Waals surface area contributed by atoms with E-state index in [1.54, 1.807) is 0 Å². The van der Waals surface area contributed by atoms with Gasteiger partial charge in [-0.15, -0.1) is 0 Å². The van der Waals surface area contributed by atoms with Crippen LogP contribution < -0.4 is 0 Å². The summed E-state index contributed by atoms with van der Waals surface area (Å²) in [5.74, 6) is 0. The van der Waals surface area contributed by atoms with E-state index in [1.807, 2.05) is 72.8 Å². The molecule has 4 aromatic carbocycles. The van der Waals surface area contributed by atoms with E-state index < -0.39 is 0 Å². The van der Waals surface area contributed by atoms with Gasteiger partial charge >= 0.3 is 47.8 Å². The Labute approximate surface area is 349 Å². The van der Waals surface area contributed by atoms with Crippen LogP contribution in [0.3, 0.4) is 0 Å². The van der Waals surface area contributed by atoms with Gasteiger partial charge in [0.05, 0.1) is 0 Å². The van der Waals surface area contributed by atoms with Crippen molar-refractivity contribution >= 4 is 98.3 Å². The first kappa shape index (κ1) is 51.3. The summed E-state index contributed by atoms with van der Waals surface area (Å²) >= 11 is 17.6. The molecule has 0 atom stereocenters. The van der Waals surface area contributed by atoms with Crippen molar-refractivity contribution in [1.82, 2.24) is 19.6 Å². The fourth-order valence-electron chi connectivity index (χ4n) is 3.48. The maximum absolute atomic E-state index is 4.39. The van der Waals surface area contributed by atoms with Crippen molar-refractivity contribution in [3.05, 3.63) is 152 Å². The molecule has 4 nitrogen and oxygen atoms in total. The Morgan fingerprint density at radius 3 is 0.688 bits per heavy atom. The van der Waals surface area contributed by atoms with E-state index >= 15 is 0 Å². The topological polar surface area (TPSA) is 13.0 Å². The van der Waals surface area contributed by atoms with E-state index in [9.17, 15) is 0 Å². The molecule has 0 aliphatic heterocycles. The first-order chi connectivity index (χ1) is 21.8. The zero-order valence-electron chi connectivity index (χ0n) is 29.5. The van der Waals surface area contributed by atoms with Crippen molar-refractivity contribution in [3.8, 4) is 0 Å². The summed E-state index contributed by atoms with van der Waals surface area (Å²) in [6, 6.07) is 44.8. The van der Waals surface area contributed by atoms with Crippen LogP contribution >= 0.6 is 0 Å². The average molecular weight is 927 g/mol. The SMILES string of the molecule is CN(C)Cc1[c]cccc1.CN(C)Cc1[c]cccc1.CN(C)Cc1[c]cccc1.CN(C)Cc1[c]cccc1.[S-]C([S-])=C([S-])[S-].[Sn+2].[Sn+2]. The molecule has 4 rings (SSSR count). The third-order valence-corrected chi connectivity index (χ3v) is 6.54. The van der Waals surface area contributed by atoms with Crippen LogP contribution in [0.15, 0.2) is 106 Å². The third-order valence-electron chi connectivity index (χ3n) is 5.21. The van der Waals surface area contributed by atoms with Gasteiger partial charge in [-0.1, -0.05) is 97.1 Å². The van der Waals surface area contributed by atoms with Crippen LogP contribution in [0.4, 0.5) is 0 Å². The largest absolute Gasteiger partial charge is 2.00 e. The minimum atomic E-state index is 0. The molecule has 0 fully saturated rings. The normalized spacial score (nSPS) is 9.50. The van der Waals surface area contributed by atoms with Crippen LogP contribution in [0.2, 0.25) is 0 Å². The quantitative estimate of drug-likeness (QED) is 0.162. The molecule has 0 unspecified atom stereocenters. The summed E-state index contributed by atoms with van der Waals surface area (Å²) in [5, 5.41) is 0. The third kappa shape index (κ3) is 33.4. The van der Waals surface area contributed by atoms with E-state index in [2.05, 4.69) is 175 Å². The minimum Gasteiger partial charge on any atom is -0.810 e. The molecular formula is C38H48N4S4Sn2. The van der Waals surface area contributed by atoms with Gasteiger partial charge in [-0.2, -0.15) is 0 Å². The minimum absolute atomic E-state index is 0. The zero-order chi connectivity index (χ0) is 34.7. The second-order valence-corrected chi connectivity index (χ2v) is 13.2. The van der Waals surface area contributed by atoms with Crippen LogP contribution in [0.25, 0.3) is 0 Å². The van der Waals surface area contributed by atoms with Crippen molar-refractivity contribution in [3.63, 3.8) is 0 Å². The maximum atomic E-state index is 4.39. The Hall–Kier alpha value is -1.06. The smallest absolute Gasteiger partial charge is 0.810 e. The average Bonchev–Trinajstić information content (AvgIpc) is 2.99. The van der Waals surface area contributed by atoms with Crippen molar-refractivity contribution in [1.29, 1.82) is 0 Å². The molecule has 8 radical (unpaired) electrons. The molecule has 0 aliphatic carbocycles. The number of hydrogen-bond donors (Lipinski definition) is 0. The second kappa shape index (κ2) is 33.1. The summed E-state index contributed by atoms with van der Waals surface area (Å²) in [4.78, 5) is 8.52. The van der Waals surface area contributed by atoms with Crippen LogP contribution in [-0.2, 0) is 76.7 Å². The number of nitrogens with zero attached hydrogens (tertiary/aromatic N) is 4. The van der Waals surface area contributed by atoms with E-state index in [0.717, 1.165) is 26.2 Å². The first-order valence-electron chi connectivity index (χ1n) is 14.6. The maximum Gasteiger partial charge on any atom is 2.00 e. The molecule has 0 aromatic heterocycles. The van der Waals surface area contributed by atoms with Gasteiger partial charge in [-0.25, -0.2) is 0 Å². The number of rotatable bonds is 8. The Bertz CT molecular complexity index is 1080. The summed E-state index contributed by atoms with van der Waals surface area (Å²) in [6.07, 6.45) is 0. The molecule has 4 aromatic rings. The van der Waals surface area contributed by atoms with E-state index in [4.69, 9.17) is 0 Å². The number of benzene rings is 4. The van der Waals surface area contributed by atoms with Gasteiger partial charge < -0.3 is 78.6 Å². The van der Waals surface area contributed by atoms with Crippen LogP contribution in [0.5, 0.6) is 0 Å². The molecular weight excluding hydrogens is 878 g/mol. The van der Waals surface area contributed by atoms with Gasteiger partial charge in [0.25, 0.3) is 0 Å². The molecule has 0 N–H and O–H groups in total. The summed E-state index contributed by atoms with van der Waals surface area (Å²) in [7, 11) is 16.5. The van der Waals surface area contributed by atoms with E-state index in [1.165, 1.54) is 22.3 Å². The van der Waals surface area contributed by atoms with Crippen molar-refractivity contribution in [2.75, 3.05) is 56.4 Å². The van der Waals surface area contributed by atoms with Crippen molar-refractivity contribution < 1.29 is 0 Å². The zero-order valence-corrected chi connectivity index (χ0v) is 38.5. The molecule has 10 heteroatoms. The molecule has 0 spiro atoms. The van der Waals surface area contributed by atoms with Crippen molar-refractivity contribution in [2.45, 2.75) is 26.2 Å². The monoisotopic (exact) mass is 928 g/mol. The van der Waals surface area contributed by atoms with E-state index in [0.29, 0.717) is 0 Å². The second-order valence-electron chi connectivity index (χ2n) is 11.1. The Kier molecular flexibility index (Phi) is 35.4. The van der Waals surface area contributed by atoms with Gasteiger partial charge in [-0.05, 0) is 103 Å². The fourth-order valence-corrected chi connectivity index (χ4v) is 3.48. The predicted molar refractivity (Wildman–Crippen MR) is 219 cm³/mol. The Morgan fingerprint density at radius 1 is 0.396 bits per heavy atom. The first-order valence-corrected chi connectivity index (χ1v) is 16.3. The molecule has 0 amide bonds. The Balaban J connectivity index is -0.000000527. The van der Waals surface area contributed by atoms with Crippen LogP contribution in [-0.4, -0.2) is 124 Å². The molecule has 252 valence electrons. The van der Waals surface area contributed by atoms with Gasteiger partial charge in [0, 0.05) is 26.2 Å². The summed E-state index contributed by atoms with van der Waals surface area (Å²) in [5.41, 5.74) is 4.97. The van der Waals surface area contributed by atoms with Crippen LogP contribution in [0, 0.1) is 24.3 Å². The number of hydrogen-bond acceptors (Lipinski definition) is 8. The molecule has 0 saturated heterocycles. The standard InChI is InChI=1S/4C9H12N.C2H4S4.2Sn/c4*1-10(2)8-9-6-4-3-5-7-9;3-1(4)2(5)6;;/h4*3-6H,8H2,1-2H3;3-6H;;/q;;;;;2*+2/p-4. The van der Waals surface area contributed by atoms with Gasteiger partial charge in [0.2, 0.25) is 0 Å². The van der Waals surface area contributed by atoms with E-state index in [-0.39, 0.29) is 56.3 Å². The predicted octanol–water partition coefficient (Wildman–Crippen LogP) is 5.73. The van der Waals surface area contributed by atoms with Gasteiger partial charge in [0.1, 0.15) is 0 Å². The van der Waals surface area contributed by atoms with Crippen molar-refractivity contribution in [2.24, 2.45) is 0 Å². The molecule has 0 saturated carbocycles. The van der Waals surface area contributed by atoms with Gasteiger partial charge in [0.15, 0.2) is 0 Å². The van der Waals surface area contributed by atoms with Crippen LogP contribution in [0.1, 0.15) is 22.3 Å². The van der Waals surface area contributed by atoms with Gasteiger partial charge in [-0.3, -0.25) is 0 Å². The molecule has 0 aliphatic rings. The molecule has 0 bridgehead atoms. The molecule has 0 heterocycles. The fraction of sp³-hybridized carbons (Fsp3) is 0.316.